The molecule has 0 aromatic carbocycles. The summed E-state index contributed by atoms with van der Waals surface area (Å²) in [5.41, 5.74) is 3.03. The van der Waals surface area contributed by atoms with E-state index in [2.05, 4.69) is 0 Å². The van der Waals surface area contributed by atoms with Crippen molar-refractivity contribution < 1.29 is 4.92 Å². The van der Waals surface area contributed by atoms with Crippen LogP contribution in [0.5, 0.6) is 0 Å². The van der Waals surface area contributed by atoms with Gasteiger partial charge in [0.05, 0.1) is 4.92 Å². The zero-order valence-corrected chi connectivity index (χ0v) is 7.94. The molecular formula is C9H12N2O2. The Balaban J connectivity index is 3.03. The minimum absolute atomic E-state index is 0.457. The topological polar surface area (TPSA) is 48.1 Å². The number of nitrogens with zero attached hydrogens (tertiary/aromatic N) is 2. The molecule has 1 heterocycles. The van der Waals surface area contributed by atoms with Crippen molar-refractivity contribution in [1.82, 2.24) is 4.57 Å². The van der Waals surface area contributed by atoms with Gasteiger partial charge >= 0.3 is 0 Å². The van der Waals surface area contributed by atoms with E-state index >= 15 is 0 Å². The minimum Gasteiger partial charge on any atom is -0.352 e. The summed E-state index contributed by atoms with van der Waals surface area (Å²) in [6.45, 7) is 3.91. The van der Waals surface area contributed by atoms with Crippen LogP contribution in [0, 0.1) is 24.0 Å². The van der Waals surface area contributed by atoms with Gasteiger partial charge in [-0.3, -0.25) is 10.1 Å². The first-order valence-corrected chi connectivity index (χ1v) is 3.97. The normalized spacial score (nSPS) is 11.0. The second-order valence-electron chi connectivity index (χ2n) is 2.99. The smallest absolute Gasteiger partial charge is 0.235 e. The zero-order chi connectivity index (χ0) is 10.0. The molecule has 0 N–H and O–H groups in total. The molecule has 0 saturated heterocycles. The SMILES string of the molecule is Cc1cc(C=C[N+](=O)[O-])c(C)n1C. The first-order valence-electron chi connectivity index (χ1n) is 3.97. The molecular weight excluding hydrogens is 168 g/mol. The van der Waals surface area contributed by atoms with Crippen LogP contribution in [0.25, 0.3) is 6.08 Å². The van der Waals surface area contributed by atoms with E-state index in [1.165, 1.54) is 6.08 Å². The quantitative estimate of drug-likeness (QED) is 0.515. The van der Waals surface area contributed by atoms with Gasteiger partial charge in [0.2, 0.25) is 6.20 Å². The van der Waals surface area contributed by atoms with Crippen molar-refractivity contribution in [3.05, 3.63) is 39.3 Å². The predicted molar refractivity (Wildman–Crippen MR) is 50.9 cm³/mol. The van der Waals surface area contributed by atoms with Crippen molar-refractivity contribution in [3.63, 3.8) is 0 Å². The third-order valence-electron chi connectivity index (χ3n) is 2.19. The van der Waals surface area contributed by atoms with Crippen molar-refractivity contribution in [2.75, 3.05) is 0 Å². The summed E-state index contributed by atoms with van der Waals surface area (Å²) >= 11 is 0. The van der Waals surface area contributed by atoms with Gasteiger partial charge in [0.1, 0.15) is 0 Å². The standard InChI is InChI=1S/C9H12N2O2/c1-7-6-9(4-5-11(12)13)8(2)10(7)3/h4-6H,1-3H3. The molecule has 0 saturated carbocycles. The lowest BCUT2D eigenvalue weighted by Crippen LogP contribution is -1.92. The number of hydrogen-bond acceptors (Lipinski definition) is 2. The third-order valence-corrected chi connectivity index (χ3v) is 2.19. The monoisotopic (exact) mass is 180 g/mol. The van der Waals surface area contributed by atoms with Gasteiger partial charge in [0.25, 0.3) is 0 Å². The molecule has 0 fully saturated rings. The minimum atomic E-state index is -0.457. The zero-order valence-electron chi connectivity index (χ0n) is 7.94. The van der Waals surface area contributed by atoms with Crippen molar-refractivity contribution in [1.29, 1.82) is 0 Å². The van der Waals surface area contributed by atoms with Gasteiger partial charge in [-0.2, -0.15) is 0 Å². The highest BCUT2D eigenvalue weighted by atomic mass is 16.6. The Labute approximate surface area is 76.6 Å². The molecule has 0 aliphatic carbocycles. The molecule has 0 radical (unpaired) electrons. The third kappa shape index (κ3) is 1.96. The van der Waals surface area contributed by atoms with Gasteiger partial charge < -0.3 is 4.57 Å². The Morgan fingerprint density at radius 2 is 2.15 bits per heavy atom. The van der Waals surface area contributed by atoms with Crippen LogP contribution in [0.2, 0.25) is 0 Å². The summed E-state index contributed by atoms with van der Waals surface area (Å²) in [7, 11) is 1.94. The Kier molecular flexibility index (Phi) is 2.51. The number of aromatic nitrogens is 1. The first-order chi connectivity index (χ1) is 6.02. The van der Waals surface area contributed by atoms with E-state index in [9.17, 15) is 10.1 Å². The molecule has 4 nitrogen and oxygen atoms in total. The highest BCUT2D eigenvalue weighted by Gasteiger charge is 2.03. The molecule has 1 aromatic rings. The molecule has 70 valence electrons. The summed E-state index contributed by atoms with van der Waals surface area (Å²) < 4.78 is 2.00. The number of nitro groups is 1. The summed E-state index contributed by atoms with van der Waals surface area (Å²) in [6, 6.07) is 1.93. The molecule has 0 atom stereocenters. The fourth-order valence-corrected chi connectivity index (χ4v) is 1.19. The van der Waals surface area contributed by atoms with Crippen molar-refractivity contribution in [3.8, 4) is 0 Å². The highest BCUT2D eigenvalue weighted by molar-refractivity contribution is 5.52. The average Bonchev–Trinajstić information content (AvgIpc) is 2.29. The van der Waals surface area contributed by atoms with Crippen LogP contribution in [0.4, 0.5) is 0 Å². The Bertz CT molecular complexity index is 364. The molecule has 0 amide bonds. The summed E-state index contributed by atoms with van der Waals surface area (Å²) in [4.78, 5) is 9.63. The molecule has 13 heavy (non-hydrogen) atoms. The van der Waals surface area contributed by atoms with Crippen LogP contribution in [0.3, 0.4) is 0 Å². The fraction of sp³-hybridized carbons (Fsp3) is 0.333. The Morgan fingerprint density at radius 3 is 2.54 bits per heavy atom. The van der Waals surface area contributed by atoms with E-state index in [4.69, 9.17) is 0 Å². The maximum atomic E-state index is 10.1. The fourth-order valence-electron chi connectivity index (χ4n) is 1.19. The second-order valence-corrected chi connectivity index (χ2v) is 2.99. The summed E-state index contributed by atoms with van der Waals surface area (Å²) in [6.07, 6.45) is 2.48. The van der Waals surface area contributed by atoms with Crippen LogP contribution in [0.15, 0.2) is 12.3 Å². The van der Waals surface area contributed by atoms with E-state index in [1.807, 2.05) is 31.5 Å². The van der Waals surface area contributed by atoms with Gasteiger partial charge in [-0.1, -0.05) is 0 Å². The van der Waals surface area contributed by atoms with Crippen molar-refractivity contribution >= 4 is 6.08 Å². The van der Waals surface area contributed by atoms with Gasteiger partial charge in [-0.05, 0) is 19.9 Å². The molecule has 0 unspecified atom stereocenters. The van der Waals surface area contributed by atoms with E-state index in [1.54, 1.807) is 0 Å². The number of hydrogen-bond donors (Lipinski definition) is 0. The van der Waals surface area contributed by atoms with Gasteiger partial charge in [-0.15, -0.1) is 0 Å². The molecule has 4 heteroatoms. The largest absolute Gasteiger partial charge is 0.352 e. The Hall–Kier alpha value is -1.58. The molecule has 1 aromatic heterocycles. The highest BCUT2D eigenvalue weighted by Crippen LogP contribution is 2.14. The van der Waals surface area contributed by atoms with Gasteiger partial charge in [-0.25, -0.2) is 0 Å². The molecule has 0 aliphatic heterocycles. The lowest BCUT2D eigenvalue weighted by molar-refractivity contribution is -0.400. The number of rotatable bonds is 2. The van der Waals surface area contributed by atoms with Crippen molar-refractivity contribution in [2.24, 2.45) is 7.05 Å². The molecule has 0 spiro atoms. The average molecular weight is 180 g/mol. The van der Waals surface area contributed by atoms with Crippen molar-refractivity contribution in [2.45, 2.75) is 13.8 Å². The lowest BCUT2D eigenvalue weighted by atomic mass is 10.2. The summed E-state index contributed by atoms with van der Waals surface area (Å²) in [5, 5.41) is 10.1. The van der Waals surface area contributed by atoms with Crippen LogP contribution in [-0.4, -0.2) is 9.49 Å². The van der Waals surface area contributed by atoms with E-state index in [0.29, 0.717) is 0 Å². The lowest BCUT2D eigenvalue weighted by Gasteiger charge is -1.98. The van der Waals surface area contributed by atoms with Crippen LogP contribution >= 0.6 is 0 Å². The predicted octanol–water partition coefficient (Wildman–Crippen LogP) is 1.89. The molecule has 1 rings (SSSR count). The maximum Gasteiger partial charge on any atom is 0.235 e. The maximum absolute atomic E-state index is 10.1. The molecule has 0 aliphatic rings. The van der Waals surface area contributed by atoms with Crippen LogP contribution in [-0.2, 0) is 7.05 Å². The first kappa shape index (κ1) is 9.51. The van der Waals surface area contributed by atoms with Crippen LogP contribution < -0.4 is 0 Å². The van der Waals surface area contributed by atoms with E-state index < -0.39 is 4.92 Å². The van der Waals surface area contributed by atoms with E-state index in [-0.39, 0.29) is 0 Å². The van der Waals surface area contributed by atoms with E-state index in [0.717, 1.165) is 23.2 Å². The number of aryl methyl sites for hydroxylation is 1. The second kappa shape index (κ2) is 3.43. The van der Waals surface area contributed by atoms with Gasteiger partial charge in [0.15, 0.2) is 0 Å². The summed E-state index contributed by atoms with van der Waals surface area (Å²) in [5.74, 6) is 0. The molecule has 0 bridgehead atoms. The van der Waals surface area contributed by atoms with Gasteiger partial charge in [0, 0.05) is 30.1 Å². The van der Waals surface area contributed by atoms with Crippen LogP contribution in [0.1, 0.15) is 17.0 Å². The Morgan fingerprint density at radius 1 is 1.54 bits per heavy atom.